The van der Waals surface area contributed by atoms with Gasteiger partial charge in [-0.15, -0.1) is 11.3 Å². The Labute approximate surface area is 201 Å². The molecule has 2 aromatic heterocycles. The molecule has 2 heterocycles. The van der Waals surface area contributed by atoms with Crippen molar-refractivity contribution >= 4 is 28.9 Å². The van der Waals surface area contributed by atoms with Crippen LogP contribution in [0.25, 0.3) is 10.8 Å². The summed E-state index contributed by atoms with van der Waals surface area (Å²) in [5.41, 5.74) is 2.14. The third kappa shape index (κ3) is 6.11. The van der Waals surface area contributed by atoms with Crippen LogP contribution in [0, 0.1) is 6.92 Å². The van der Waals surface area contributed by atoms with Gasteiger partial charge in [-0.25, -0.2) is 4.98 Å². The number of amides is 1. The summed E-state index contributed by atoms with van der Waals surface area (Å²) in [4.78, 5) is 30.1. The van der Waals surface area contributed by atoms with Crippen molar-refractivity contribution in [2.24, 2.45) is 0 Å². The Morgan fingerprint density at radius 1 is 1.06 bits per heavy atom. The molecule has 2 aromatic carbocycles. The highest BCUT2D eigenvalue weighted by atomic mass is 32.1. The van der Waals surface area contributed by atoms with E-state index in [9.17, 15) is 9.59 Å². The number of nitrogens with one attached hydrogen (secondary N) is 1. The van der Waals surface area contributed by atoms with Crippen molar-refractivity contribution in [3.8, 4) is 16.5 Å². The zero-order valence-electron chi connectivity index (χ0n) is 18.8. The molecule has 7 nitrogen and oxygen atoms in total. The number of ether oxygens (including phenoxy) is 2. The van der Waals surface area contributed by atoms with Gasteiger partial charge in [0.05, 0.1) is 17.0 Å². The van der Waals surface area contributed by atoms with Gasteiger partial charge in [0.15, 0.2) is 6.10 Å². The van der Waals surface area contributed by atoms with Crippen molar-refractivity contribution in [3.63, 3.8) is 0 Å². The maximum Gasteiger partial charge on any atom is 0.312 e. The van der Waals surface area contributed by atoms with Gasteiger partial charge in [-0.1, -0.05) is 36.4 Å². The molecule has 4 aromatic rings. The Morgan fingerprint density at radius 2 is 1.82 bits per heavy atom. The Balaban J connectivity index is 1.26. The van der Waals surface area contributed by atoms with E-state index in [1.165, 1.54) is 18.3 Å². The average Bonchev–Trinajstić information content (AvgIpc) is 3.49. The first kappa shape index (κ1) is 23.3. The minimum atomic E-state index is -0.967. The fraction of sp³-hybridized carbons (Fsp3) is 0.192. The molecule has 0 aliphatic rings. The van der Waals surface area contributed by atoms with Crippen molar-refractivity contribution < 1.29 is 23.5 Å². The summed E-state index contributed by atoms with van der Waals surface area (Å²) in [5, 5.41) is 4.67. The minimum absolute atomic E-state index is 0.0776. The molecule has 0 fully saturated rings. The molecule has 174 valence electrons. The summed E-state index contributed by atoms with van der Waals surface area (Å²) in [6, 6.07) is 20.7. The number of hydrogen-bond acceptors (Lipinski definition) is 7. The van der Waals surface area contributed by atoms with Gasteiger partial charge >= 0.3 is 5.97 Å². The van der Waals surface area contributed by atoms with Crippen LogP contribution in [-0.4, -0.2) is 23.0 Å². The number of aryl methyl sites for hydroxylation is 1. The monoisotopic (exact) mass is 476 g/mol. The average molecular weight is 477 g/mol. The molecule has 0 spiro atoms. The van der Waals surface area contributed by atoms with Crippen LogP contribution in [0.15, 0.2) is 76.5 Å². The predicted molar refractivity (Wildman–Crippen MR) is 130 cm³/mol. The summed E-state index contributed by atoms with van der Waals surface area (Å²) in [5.74, 6) is 0.722. The fourth-order valence-corrected chi connectivity index (χ4v) is 3.80. The van der Waals surface area contributed by atoms with Crippen LogP contribution in [0.3, 0.4) is 0 Å². The minimum Gasteiger partial charge on any atom is -0.489 e. The first-order valence-corrected chi connectivity index (χ1v) is 11.6. The molecule has 8 heteroatoms. The van der Waals surface area contributed by atoms with E-state index in [0.29, 0.717) is 35.4 Å². The van der Waals surface area contributed by atoms with Crippen LogP contribution in [-0.2, 0) is 27.4 Å². The lowest BCUT2D eigenvalue weighted by Gasteiger charge is -2.14. The van der Waals surface area contributed by atoms with Crippen LogP contribution in [0.1, 0.15) is 23.9 Å². The summed E-state index contributed by atoms with van der Waals surface area (Å²) in [6.07, 6.45) is -1.04. The smallest absolute Gasteiger partial charge is 0.312 e. The predicted octanol–water partition coefficient (Wildman–Crippen LogP) is 5.40. The normalized spacial score (nSPS) is 11.6. The van der Waals surface area contributed by atoms with Crippen molar-refractivity contribution in [1.29, 1.82) is 0 Å². The highest BCUT2D eigenvalue weighted by molar-refractivity contribution is 7.13. The van der Waals surface area contributed by atoms with E-state index in [2.05, 4.69) is 10.3 Å². The molecule has 0 bridgehead atoms. The summed E-state index contributed by atoms with van der Waals surface area (Å²) in [7, 11) is 0. The maximum atomic E-state index is 12.5. The van der Waals surface area contributed by atoms with E-state index in [1.54, 1.807) is 31.2 Å². The zero-order valence-corrected chi connectivity index (χ0v) is 19.6. The number of esters is 1. The third-order valence-electron chi connectivity index (χ3n) is 4.98. The second-order valence-electron chi connectivity index (χ2n) is 7.60. The number of thiophene rings is 1. The molecule has 34 heavy (non-hydrogen) atoms. The number of nitrogens with zero attached hydrogens (tertiary/aromatic N) is 1. The quantitative estimate of drug-likeness (QED) is 0.325. The van der Waals surface area contributed by atoms with Crippen molar-refractivity contribution in [2.45, 2.75) is 33.0 Å². The zero-order chi connectivity index (χ0) is 23.9. The first-order chi connectivity index (χ1) is 16.5. The SMILES string of the molecule is Cc1oc(-c2cccs2)nc1CC(=O)OC(C)C(=O)Nc1ccc(OCc2ccccc2)cc1. The Hall–Kier alpha value is -3.91. The van der Waals surface area contributed by atoms with Gasteiger partial charge < -0.3 is 19.2 Å². The van der Waals surface area contributed by atoms with E-state index >= 15 is 0 Å². The van der Waals surface area contributed by atoms with E-state index in [4.69, 9.17) is 13.9 Å². The van der Waals surface area contributed by atoms with Crippen LogP contribution < -0.4 is 10.1 Å². The Morgan fingerprint density at radius 3 is 2.53 bits per heavy atom. The lowest BCUT2D eigenvalue weighted by atomic mass is 10.2. The largest absolute Gasteiger partial charge is 0.489 e. The van der Waals surface area contributed by atoms with Crippen LogP contribution in [0.4, 0.5) is 5.69 Å². The number of carbonyl (C=O) groups is 2. The molecule has 1 amide bonds. The van der Waals surface area contributed by atoms with Gasteiger partial charge in [-0.05, 0) is 55.1 Å². The molecule has 1 atom stereocenters. The van der Waals surface area contributed by atoms with Gasteiger partial charge in [0.1, 0.15) is 18.1 Å². The summed E-state index contributed by atoms with van der Waals surface area (Å²) in [6.45, 7) is 3.73. The van der Waals surface area contributed by atoms with Gasteiger partial charge in [0.2, 0.25) is 5.89 Å². The van der Waals surface area contributed by atoms with E-state index in [1.807, 2.05) is 47.8 Å². The van der Waals surface area contributed by atoms with Gasteiger partial charge in [-0.2, -0.15) is 0 Å². The van der Waals surface area contributed by atoms with E-state index in [0.717, 1.165) is 10.4 Å². The summed E-state index contributed by atoms with van der Waals surface area (Å²) >= 11 is 1.50. The van der Waals surface area contributed by atoms with E-state index < -0.39 is 18.0 Å². The Kier molecular flexibility index (Phi) is 7.39. The van der Waals surface area contributed by atoms with E-state index in [-0.39, 0.29) is 6.42 Å². The van der Waals surface area contributed by atoms with Crippen molar-refractivity contribution in [2.75, 3.05) is 5.32 Å². The second kappa shape index (κ2) is 10.8. The lowest BCUT2D eigenvalue weighted by Crippen LogP contribution is -2.30. The summed E-state index contributed by atoms with van der Waals surface area (Å²) < 4.78 is 16.7. The lowest BCUT2D eigenvalue weighted by molar-refractivity contribution is -0.152. The topological polar surface area (TPSA) is 90.7 Å². The van der Waals surface area contributed by atoms with Crippen molar-refractivity contribution in [1.82, 2.24) is 4.98 Å². The number of oxazole rings is 1. The molecule has 0 saturated heterocycles. The molecule has 4 rings (SSSR count). The Bertz CT molecular complexity index is 1230. The third-order valence-corrected chi connectivity index (χ3v) is 5.84. The number of rotatable bonds is 9. The molecule has 0 radical (unpaired) electrons. The number of aromatic nitrogens is 1. The van der Waals surface area contributed by atoms with Crippen LogP contribution in [0.5, 0.6) is 5.75 Å². The number of anilines is 1. The molecular weight excluding hydrogens is 452 g/mol. The second-order valence-corrected chi connectivity index (χ2v) is 8.54. The molecule has 0 aliphatic carbocycles. The van der Waals surface area contributed by atoms with Crippen LogP contribution >= 0.6 is 11.3 Å². The van der Waals surface area contributed by atoms with Gasteiger partial charge in [0, 0.05) is 5.69 Å². The molecular formula is C26H24N2O5S. The number of benzene rings is 2. The highest BCUT2D eigenvalue weighted by Gasteiger charge is 2.21. The fourth-order valence-electron chi connectivity index (χ4n) is 3.15. The molecule has 0 saturated carbocycles. The highest BCUT2D eigenvalue weighted by Crippen LogP contribution is 2.26. The maximum absolute atomic E-state index is 12.5. The number of carbonyl (C=O) groups excluding carboxylic acids is 2. The molecule has 1 unspecified atom stereocenters. The molecule has 0 aliphatic heterocycles. The molecule has 1 N–H and O–H groups in total. The van der Waals surface area contributed by atoms with Crippen LogP contribution in [0.2, 0.25) is 0 Å². The van der Waals surface area contributed by atoms with Gasteiger partial charge in [0.25, 0.3) is 5.91 Å². The number of hydrogen-bond donors (Lipinski definition) is 1. The standard InChI is InChI=1S/C26H24N2O5S/c1-17-22(28-26(33-17)23-9-6-14-34-23)15-24(29)32-18(2)25(30)27-20-10-12-21(13-11-20)31-16-19-7-4-3-5-8-19/h3-14,18H,15-16H2,1-2H3,(H,27,30). The van der Waals surface area contributed by atoms with Crippen molar-refractivity contribution in [3.05, 3.63) is 89.1 Å². The first-order valence-electron chi connectivity index (χ1n) is 10.8. The van der Waals surface area contributed by atoms with Gasteiger partial charge in [-0.3, -0.25) is 9.59 Å².